The van der Waals surface area contributed by atoms with Crippen LogP contribution in [0.25, 0.3) is 6.08 Å². The lowest BCUT2D eigenvalue weighted by atomic mass is 9.48. The fraction of sp³-hybridized carbons (Fsp3) is 0.583. The minimum absolute atomic E-state index is 0.0636. The molecule has 4 saturated carbocycles. The average molecular weight is 413 g/mol. The lowest BCUT2D eigenvalue weighted by Gasteiger charge is -2.59. The van der Waals surface area contributed by atoms with E-state index in [1.165, 1.54) is 45.6 Å². The zero-order valence-corrected chi connectivity index (χ0v) is 17.9. The first-order valence-electron chi connectivity index (χ1n) is 10.9. The van der Waals surface area contributed by atoms with E-state index in [1.54, 1.807) is 24.3 Å². The average Bonchev–Trinajstić information content (AvgIpc) is 2.69. The molecule has 6 nitrogen and oxygen atoms in total. The number of rotatable bonds is 8. The topological polar surface area (TPSA) is 90.7 Å². The molecule has 0 aromatic heterocycles. The van der Waals surface area contributed by atoms with Crippen molar-refractivity contribution in [3.05, 3.63) is 29.8 Å². The van der Waals surface area contributed by atoms with Crippen LogP contribution >= 0.6 is 0 Å². The van der Waals surface area contributed by atoms with Gasteiger partial charge < -0.3 is 20.5 Å². The number of primary amides is 1. The molecule has 4 aliphatic carbocycles. The second-order valence-corrected chi connectivity index (χ2v) is 9.51. The number of hydrogen-bond donors (Lipinski definition) is 2. The molecule has 1 aromatic carbocycles. The van der Waals surface area contributed by atoms with E-state index in [2.05, 4.69) is 12.2 Å². The summed E-state index contributed by atoms with van der Waals surface area (Å²) in [5, 5.41) is 3.25. The summed E-state index contributed by atoms with van der Waals surface area (Å²) in [6.45, 7) is 1.98. The first kappa shape index (κ1) is 20.8. The van der Waals surface area contributed by atoms with Gasteiger partial charge in [-0.05, 0) is 92.4 Å². The predicted octanol–water partition coefficient (Wildman–Crippen LogP) is 3.29. The van der Waals surface area contributed by atoms with E-state index >= 15 is 0 Å². The molecule has 0 spiro atoms. The number of hydrogen-bond acceptors (Lipinski definition) is 4. The van der Waals surface area contributed by atoms with Gasteiger partial charge in [-0.25, -0.2) is 0 Å². The summed E-state index contributed by atoms with van der Waals surface area (Å²) in [6, 6.07) is 5.48. The van der Waals surface area contributed by atoms with E-state index < -0.39 is 5.91 Å². The van der Waals surface area contributed by atoms with Crippen LogP contribution in [0.3, 0.4) is 0 Å². The largest absolute Gasteiger partial charge is 0.493 e. The molecule has 6 heteroatoms. The van der Waals surface area contributed by atoms with Crippen LogP contribution in [0.1, 0.15) is 51.0 Å². The van der Waals surface area contributed by atoms with E-state index in [-0.39, 0.29) is 18.6 Å². The van der Waals surface area contributed by atoms with E-state index in [9.17, 15) is 9.59 Å². The first-order chi connectivity index (χ1) is 14.4. The van der Waals surface area contributed by atoms with Crippen LogP contribution in [-0.2, 0) is 9.59 Å². The van der Waals surface area contributed by atoms with Crippen molar-refractivity contribution in [2.45, 2.75) is 51.5 Å². The van der Waals surface area contributed by atoms with E-state index in [4.69, 9.17) is 15.2 Å². The van der Waals surface area contributed by atoms with Crippen molar-refractivity contribution >= 4 is 17.9 Å². The Morgan fingerprint density at radius 3 is 2.37 bits per heavy atom. The summed E-state index contributed by atoms with van der Waals surface area (Å²) in [6.07, 6.45) is 11.4. The number of benzene rings is 1. The maximum Gasteiger partial charge on any atom is 0.255 e. The molecule has 0 heterocycles. The van der Waals surface area contributed by atoms with Gasteiger partial charge in [0.1, 0.15) is 0 Å². The van der Waals surface area contributed by atoms with Crippen LogP contribution in [0.2, 0.25) is 0 Å². The quantitative estimate of drug-likeness (QED) is 0.641. The maximum atomic E-state index is 12.6. The Morgan fingerprint density at radius 2 is 1.80 bits per heavy atom. The highest BCUT2D eigenvalue weighted by atomic mass is 16.5. The fourth-order valence-electron chi connectivity index (χ4n) is 6.35. The summed E-state index contributed by atoms with van der Waals surface area (Å²) < 4.78 is 10.7. The summed E-state index contributed by atoms with van der Waals surface area (Å²) in [7, 11) is 1.53. The monoisotopic (exact) mass is 412 g/mol. The van der Waals surface area contributed by atoms with Gasteiger partial charge in [0.25, 0.3) is 5.91 Å². The van der Waals surface area contributed by atoms with Crippen molar-refractivity contribution in [1.82, 2.24) is 5.32 Å². The normalized spacial score (nSPS) is 30.3. The molecule has 30 heavy (non-hydrogen) atoms. The minimum atomic E-state index is -0.550. The second-order valence-electron chi connectivity index (χ2n) is 9.51. The maximum absolute atomic E-state index is 12.6. The Labute approximate surface area is 178 Å². The zero-order valence-electron chi connectivity index (χ0n) is 17.9. The molecule has 5 rings (SSSR count). The van der Waals surface area contributed by atoms with Crippen LogP contribution in [0.5, 0.6) is 11.5 Å². The van der Waals surface area contributed by atoms with Gasteiger partial charge in [0, 0.05) is 12.1 Å². The van der Waals surface area contributed by atoms with E-state index in [1.807, 2.05) is 6.07 Å². The molecule has 0 aliphatic heterocycles. The molecule has 2 amide bonds. The third-order valence-corrected chi connectivity index (χ3v) is 7.35. The summed E-state index contributed by atoms with van der Waals surface area (Å²) in [5.74, 6) is 2.92. The van der Waals surface area contributed by atoms with Crippen molar-refractivity contribution in [2.75, 3.05) is 13.7 Å². The predicted molar refractivity (Wildman–Crippen MR) is 115 cm³/mol. The Morgan fingerprint density at radius 1 is 1.17 bits per heavy atom. The summed E-state index contributed by atoms with van der Waals surface area (Å²) in [5.41, 5.74) is 6.22. The number of methoxy groups -OCH3 is 1. The third kappa shape index (κ3) is 4.32. The number of carbonyl (C=O) groups is 2. The van der Waals surface area contributed by atoms with Gasteiger partial charge in [-0.3, -0.25) is 9.59 Å². The number of nitrogens with one attached hydrogen (secondary N) is 1. The molecule has 3 N–H and O–H groups in total. The van der Waals surface area contributed by atoms with Gasteiger partial charge >= 0.3 is 0 Å². The SMILES string of the molecule is COc1cc(/C=C/C(=O)NC(C)C23CC4CC(CC(C4)C2)C3)ccc1OCC(N)=O. The third-order valence-electron chi connectivity index (χ3n) is 7.35. The fourth-order valence-corrected chi connectivity index (χ4v) is 6.35. The molecular formula is C24H32N2O4. The number of amides is 2. The standard InChI is InChI=1S/C24H32N2O4/c1-15(24-11-17-7-18(12-24)9-19(8-17)13-24)26-23(28)6-4-16-3-5-20(21(10-16)29-2)30-14-22(25)27/h3-6,10,15,17-19H,7-9,11-14H2,1-2H3,(H2,25,27)(H,26,28)/b6-4+. The molecule has 0 radical (unpaired) electrons. The lowest BCUT2D eigenvalue weighted by molar-refractivity contribution is -0.121. The Bertz CT molecular complexity index is 812. The van der Waals surface area contributed by atoms with Gasteiger partial charge in [-0.2, -0.15) is 0 Å². The first-order valence-corrected chi connectivity index (χ1v) is 10.9. The second kappa shape index (κ2) is 8.32. The molecule has 1 unspecified atom stereocenters. The molecule has 4 aliphatic rings. The van der Waals surface area contributed by atoms with Crippen LogP contribution in [0, 0.1) is 23.2 Å². The van der Waals surface area contributed by atoms with Crippen LogP contribution in [0.15, 0.2) is 24.3 Å². The molecule has 4 fully saturated rings. The van der Waals surface area contributed by atoms with Gasteiger partial charge in [0.05, 0.1) is 7.11 Å². The molecule has 0 saturated heterocycles. The van der Waals surface area contributed by atoms with Crippen molar-refractivity contribution in [2.24, 2.45) is 28.9 Å². The Balaban J connectivity index is 1.37. The van der Waals surface area contributed by atoms with Crippen LogP contribution in [-0.4, -0.2) is 31.6 Å². The van der Waals surface area contributed by atoms with Gasteiger partial charge in [-0.1, -0.05) is 6.07 Å². The highest BCUT2D eigenvalue weighted by Crippen LogP contribution is 2.61. The minimum Gasteiger partial charge on any atom is -0.493 e. The molecular weight excluding hydrogens is 380 g/mol. The number of carbonyl (C=O) groups excluding carboxylic acids is 2. The van der Waals surface area contributed by atoms with Crippen molar-refractivity contribution in [3.8, 4) is 11.5 Å². The zero-order chi connectivity index (χ0) is 21.3. The Kier molecular flexibility index (Phi) is 5.76. The van der Waals surface area contributed by atoms with Gasteiger partial charge in [0.2, 0.25) is 5.91 Å². The summed E-state index contributed by atoms with van der Waals surface area (Å²) in [4.78, 5) is 23.5. The lowest BCUT2D eigenvalue weighted by Crippen LogP contribution is -2.55. The van der Waals surface area contributed by atoms with Crippen molar-refractivity contribution < 1.29 is 19.1 Å². The van der Waals surface area contributed by atoms with Crippen molar-refractivity contribution in [3.63, 3.8) is 0 Å². The molecule has 162 valence electrons. The highest BCUT2D eigenvalue weighted by molar-refractivity contribution is 5.92. The smallest absolute Gasteiger partial charge is 0.255 e. The highest BCUT2D eigenvalue weighted by Gasteiger charge is 2.53. The summed E-state index contributed by atoms with van der Waals surface area (Å²) >= 11 is 0. The van der Waals surface area contributed by atoms with Crippen molar-refractivity contribution in [1.29, 1.82) is 0 Å². The van der Waals surface area contributed by atoms with Gasteiger partial charge in [0.15, 0.2) is 18.1 Å². The van der Waals surface area contributed by atoms with E-state index in [0.29, 0.717) is 16.9 Å². The number of nitrogens with two attached hydrogens (primary N) is 1. The van der Waals surface area contributed by atoms with Crippen LogP contribution < -0.4 is 20.5 Å². The van der Waals surface area contributed by atoms with Crippen LogP contribution in [0.4, 0.5) is 0 Å². The molecule has 1 aromatic rings. The van der Waals surface area contributed by atoms with E-state index in [0.717, 1.165) is 23.3 Å². The van der Waals surface area contributed by atoms with Gasteiger partial charge in [-0.15, -0.1) is 0 Å². The Hall–Kier alpha value is -2.50. The number of ether oxygens (including phenoxy) is 2. The molecule has 4 bridgehead atoms. The molecule has 1 atom stereocenters.